The number of nitrogens with one attached hydrogen (secondary N) is 1. The van der Waals surface area contributed by atoms with Crippen LogP contribution in [0.3, 0.4) is 0 Å². The Morgan fingerprint density at radius 2 is 1.63 bits per heavy atom. The van der Waals surface area contributed by atoms with Gasteiger partial charge in [0.25, 0.3) is 0 Å². The maximum atomic E-state index is 13.3. The van der Waals surface area contributed by atoms with Crippen molar-refractivity contribution >= 4 is 11.6 Å². The van der Waals surface area contributed by atoms with Crippen LogP contribution in [0.4, 0.5) is 23.2 Å². The molecule has 0 radical (unpaired) electrons. The van der Waals surface area contributed by atoms with Crippen LogP contribution < -0.4 is 5.32 Å². The second-order valence-corrected chi connectivity index (χ2v) is 7.17. The van der Waals surface area contributed by atoms with E-state index < -0.39 is 17.6 Å². The van der Waals surface area contributed by atoms with Crippen LogP contribution in [0.2, 0.25) is 0 Å². The summed E-state index contributed by atoms with van der Waals surface area (Å²) in [6.07, 6.45) is 1.12. The zero-order valence-electron chi connectivity index (χ0n) is 14.3. The zero-order chi connectivity index (χ0) is 19.2. The fourth-order valence-corrected chi connectivity index (χ4v) is 4.41. The third-order valence-corrected chi connectivity index (χ3v) is 5.59. The van der Waals surface area contributed by atoms with Gasteiger partial charge in [-0.25, -0.2) is 14.4 Å². The maximum absolute atomic E-state index is 13.3. The van der Waals surface area contributed by atoms with E-state index in [4.69, 9.17) is 0 Å². The number of fused-ring (bicyclic) bond motifs is 2. The van der Waals surface area contributed by atoms with Crippen molar-refractivity contribution in [3.8, 4) is 11.4 Å². The number of carbonyl (C=O) groups excluding carboxylic acids is 1. The highest BCUT2D eigenvalue weighted by Gasteiger charge is 2.45. The highest BCUT2D eigenvalue weighted by molar-refractivity contribution is 5.94. The molecule has 0 unspecified atom stereocenters. The van der Waals surface area contributed by atoms with E-state index in [0.717, 1.165) is 44.1 Å². The minimum absolute atomic E-state index is 0.0715. The van der Waals surface area contributed by atoms with E-state index in [1.54, 1.807) is 0 Å². The number of alkyl halides is 3. The van der Waals surface area contributed by atoms with Gasteiger partial charge in [-0.1, -0.05) is 0 Å². The highest BCUT2D eigenvalue weighted by Crippen LogP contribution is 2.49. The Hall–Kier alpha value is -2.51. The molecule has 1 aromatic carbocycles. The van der Waals surface area contributed by atoms with Crippen molar-refractivity contribution in [2.24, 2.45) is 17.8 Å². The number of halogens is 4. The molecule has 4 nitrogen and oxygen atoms in total. The lowest BCUT2D eigenvalue weighted by Gasteiger charge is -2.17. The Morgan fingerprint density at radius 1 is 1.04 bits per heavy atom. The van der Waals surface area contributed by atoms with Crippen LogP contribution in [-0.2, 0) is 11.0 Å². The first-order valence-corrected chi connectivity index (χ1v) is 8.83. The van der Waals surface area contributed by atoms with E-state index in [9.17, 15) is 22.4 Å². The molecule has 27 heavy (non-hydrogen) atoms. The molecule has 0 spiro atoms. The Labute approximate surface area is 153 Å². The lowest BCUT2D eigenvalue weighted by atomic mass is 9.96. The van der Waals surface area contributed by atoms with Crippen LogP contribution in [0.25, 0.3) is 11.4 Å². The standard InChI is InChI=1S/C19H17F4N3O/c20-12-8-24-17(25-9-12)14-7-13(5-6-15(14)19(21,22)23)26-18(27)16-10-1-2-11(16)4-3-10/h5-11,16H,1-4H2,(H,26,27). The van der Waals surface area contributed by atoms with E-state index >= 15 is 0 Å². The Balaban J connectivity index is 1.65. The van der Waals surface area contributed by atoms with E-state index in [0.29, 0.717) is 11.8 Å². The largest absolute Gasteiger partial charge is 0.417 e. The monoisotopic (exact) mass is 379 g/mol. The fraction of sp³-hybridized carbons (Fsp3) is 0.421. The number of anilines is 1. The van der Waals surface area contributed by atoms with Crippen LogP contribution in [-0.4, -0.2) is 15.9 Å². The summed E-state index contributed by atoms with van der Waals surface area (Å²) in [5.41, 5.74) is -0.982. The number of aromatic nitrogens is 2. The first-order chi connectivity index (χ1) is 12.8. The smallest absolute Gasteiger partial charge is 0.326 e. The molecule has 1 aromatic heterocycles. The van der Waals surface area contributed by atoms with Gasteiger partial charge in [-0.2, -0.15) is 13.2 Å². The average Bonchev–Trinajstić information content (AvgIpc) is 3.22. The minimum atomic E-state index is -4.62. The molecule has 0 saturated heterocycles. The zero-order valence-corrected chi connectivity index (χ0v) is 14.3. The van der Waals surface area contributed by atoms with Crippen molar-refractivity contribution < 1.29 is 22.4 Å². The number of benzene rings is 1. The molecule has 0 atom stereocenters. The summed E-state index contributed by atoms with van der Waals surface area (Å²) in [6, 6.07) is 3.32. The molecule has 2 aliphatic rings. The van der Waals surface area contributed by atoms with Gasteiger partial charge in [0, 0.05) is 17.2 Å². The molecule has 2 aromatic rings. The summed E-state index contributed by atoms with van der Waals surface area (Å²) in [6.45, 7) is 0. The number of hydrogen-bond donors (Lipinski definition) is 1. The van der Waals surface area contributed by atoms with E-state index in [2.05, 4.69) is 15.3 Å². The number of nitrogens with zero attached hydrogens (tertiary/aromatic N) is 2. The van der Waals surface area contributed by atoms with E-state index in [1.165, 1.54) is 12.1 Å². The molecule has 1 N–H and O–H groups in total. The summed E-state index contributed by atoms with van der Waals surface area (Å²) in [5, 5.41) is 2.75. The van der Waals surface area contributed by atoms with Crippen LogP contribution >= 0.6 is 0 Å². The van der Waals surface area contributed by atoms with E-state index in [-0.39, 0.29) is 28.9 Å². The van der Waals surface area contributed by atoms with Gasteiger partial charge in [-0.05, 0) is 55.7 Å². The third-order valence-electron chi connectivity index (χ3n) is 5.59. The van der Waals surface area contributed by atoms with Gasteiger partial charge in [0.2, 0.25) is 5.91 Å². The lowest BCUT2D eigenvalue weighted by Crippen LogP contribution is -2.26. The molecule has 142 valence electrons. The van der Waals surface area contributed by atoms with Gasteiger partial charge in [0.05, 0.1) is 18.0 Å². The second-order valence-electron chi connectivity index (χ2n) is 7.17. The van der Waals surface area contributed by atoms with Crippen molar-refractivity contribution in [3.05, 3.63) is 42.0 Å². The maximum Gasteiger partial charge on any atom is 0.417 e. The molecule has 2 fully saturated rings. The quantitative estimate of drug-likeness (QED) is 0.788. The van der Waals surface area contributed by atoms with Crippen LogP contribution in [0.15, 0.2) is 30.6 Å². The summed E-state index contributed by atoms with van der Waals surface area (Å²) < 4.78 is 53.1. The van der Waals surface area contributed by atoms with Gasteiger partial charge < -0.3 is 5.32 Å². The molecule has 2 bridgehead atoms. The van der Waals surface area contributed by atoms with Gasteiger partial charge in [-0.3, -0.25) is 4.79 Å². The number of carbonyl (C=O) groups is 1. The van der Waals surface area contributed by atoms with Gasteiger partial charge in [0.1, 0.15) is 0 Å². The van der Waals surface area contributed by atoms with Gasteiger partial charge >= 0.3 is 6.18 Å². The third kappa shape index (κ3) is 3.40. The Kier molecular flexibility index (Phi) is 4.36. The molecule has 1 amide bonds. The molecular weight excluding hydrogens is 362 g/mol. The van der Waals surface area contributed by atoms with Crippen molar-refractivity contribution in [2.75, 3.05) is 5.32 Å². The Bertz CT molecular complexity index is 846. The highest BCUT2D eigenvalue weighted by atomic mass is 19.4. The predicted octanol–water partition coefficient (Wildman–Crippen LogP) is 4.68. The minimum Gasteiger partial charge on any atom is -0.326 e. The fourth-order valence-electron chi connectivity index (χ4n) is 4.41. The van der Waals surface area contributed by atoms with Crippen LogP contribution in [0, 0.1) is 23.6 Å². The summed E-state index contributed by atoms with van der Waals surface area (Å²) in [7, 11) is 0. The van der Waals surface area contributed by atoms with Crippen molar-refractivity contribution in [1.82, 2.24) is 9.97 Å². The molecule has 1 heterocycles. The second kappa shape index (κ2) is 6.58. The van der Waals surface area contributed by atoms with Crippen LogP contribution in [0.5, 0.6) is 0 Å². The van der Waals surface area contributed by atoms with Crippen molar-refractivity contribution in [3.63, 3.8) is 0 Å². The predicted molar refractivity (Wildman–Crippen MR) is 90.0 cm³/mol. The Morgan fingerprint density at radius 3 is 2.19 bits per heavy atom. The summed E-state index contributed by atoms with van der Waals surface area (Å²) in [4.78, 5) is 19.9. The normalized spacial score (nSPS) is 24.2. The van der Waals surface area contributed by atoms with Gasteiger partial charge in [0.15, 0.2) is 11.6 Å². The van der Waals surface area contributed by atoms with Crippen molar-refractivity contribution in [2.45, 2.75) is 31.9 Å². The molecule has 2 aliphatic carbocycles. The first kappa shape index (κ1) is 17.9. The average molecular weight is 379 g/mol. The number of rotatable bonds is 3. The molecular formula is C19H17F4N3O. The molecule has 8 heteroatoms. The lowest BCUT2D eigenvalue weighted by molar-refractivity contribution is -0.137. The van der Waals surface area contributed by atoms with E-state index in [1.807, 2.05) is 0 Å². The number of amides is 1. The SMILES string of the molecule is O=C(Nc1ccc(C(F)(F)F)c(-c2ncc(F)cn2)c1)C1C2CCC1CC2. The van der Waals surface area contributed by atoms with Crippen LogP contribution in [0.1, 0.15) is 31.2 Å². The first-order valence-electron chi connectivity index (χ1n) is 8.83. The molecule has 4 rings (SSSR count). The van der Waals surface area contributed by atoms with Crippen molar-refractivity contribution in [1.29, 1.82) is 0 Å². The molecule has 2 saturated carbocycles. The van der Waals surface area contributed by atoms with Gasteiger partial charge in [-0.15, -0.1) is 0 Å². The number of hydrogen-bond acceptors (Lipinski definition) is 3. The summed E-state index contributed by atoms with van der Waals surface area (Å²) >= 11 is 0. The topological polar surface area (TPSA) is 54.9 Å². The molecule has 0 aliphatic heterocycles. The summed E-state index contributed by atoms with van der Waals surface area (Å²) in [5.74, 6) is -0.480.